The van der Waals surface area contributed by atoms with Gasteiger partial charge >= 0.3 is 0 Å². The van der Waals surface area contributed by atoms with Gasteiger partial charge in [0, 0.05) is 18.2 Å². The molecule has 2 rings (SSSR count). The molecule has 2 aromatic rings. The molecule has 3 N–H and O–H groups in total. The van der Waals surface area contributed by atoms with Crippen LogP contribution >= 0.6 is 0 Å². The first kappa shape index (κ1) is 17.0. The van der Waals surface area contributed by atoms with Crippen molar-refractivity contribution >= 4 is 21.6 Å². The Balaban J connectivity index is 2.40. The van der Waals surface area contributed by atoms with E-state index in [0.29, 0.717) is 16.8 Å². The molecule has 2 aromatic carbocycles. The number of sulfonamides is 1. The van der Waals surface area contributed by atoms with Crippen LogP contribution in [0.2, 0.25) is 0 Å². The molecule has 0 aliphatic rings. The molecule has 0 bridgehead atoms. The van der Waals surface area contributed by atoms with E-state index >= 15 is 0 Å². The quantitative estimate of drug-likeness (QED) is 0.844. The molecule has 6 nitrogen and oxygen atoms in total. The average molecular weight is 334 g/mol. The van der Waals surface area contributed by atoms with E-state index in [1.54, 1.807) is 37.3 Å². The lowest BCUT2D eigenvalue weighted by Gasteiger charge is -2.13. The smallest absolute Gasteiger partial charge is 0.261 e. The Kier molecular flexibility index (Phi) is 5.02. The summed E-state index contributed by atoms with van der Waals surface area (Å²) in [4.78, 5) is 11.4. The van der Waals surface area contributed by atoms with Crippen LogP contribution in [0.15, 0.2) is 47.4 Å². The number of ether oxygens (including phenoxy) is 1. The second-order valence-corrected chi connectivity index (χ2v) is 6.72. The van der Waals surface area contributed by atoms with Crippen LogP contribution in [-0.4, -0.2) is 21.4 Å². The van der Waals surface area contributed by atoms with E-state index in [2.05, 4.69) is 4.72 Å². The number of amides is 1. The molecular formula is C16H18N2O4S. The van der Waals surface area contributed by atoms with Crippen LogP contribution in [0.5, 0.6) is 0 Å². The number of hydrogen-bond donors (Lipinski definition) is 2. The van der Waals surface area contributed by atoms with Gasteiger partial charge in [0.25, 0.3) is 10.0 Å². The van der Waals surface area contributed by atoms with Crippen LogP contribution in [0.4, 0.5) is 5.69 Å². The molecule has 7 heteroatoms. The van der Waals surface area contributed by atoms with Gasteiger partial charge in [0.15, 0.2) is 0 Å². The van der Waals surface area contributed by atoms with Crippen LogP contribution in [0.25, 0.3) is 0 Å². The van der Waals surface area contributed by atoms with Crippen molar-refractivity contribution in [3.63, 3.8) is 0 Å². The van der Waals surface area contributed by atoms with Crippen molar-refractivity contribution in [2.75, 3.05) is 11.8 Å². The molecule has 0 fully saturated rings. The van der Waals surface area contributed by atoms with Crippen LogP contribution in [-0.2, 0) is 21.4 Å². The van der Waals surface area contributed by atoms with E-state index in [0.717, 1.165) is 0 Å². The maximum absolute atomic E-state index is 12.5. The molecular weight excluding hydrogens is 316 g/mol. The third-order valence-electron chi connectivity index (χ3n) is 3.35. The molecule has 23 heavy (non-hydrogen) atoms. The first-order valence-electron chi connectivity index (χ1n) is 6.85. The van der Waals surface area contributed by atoms with E-state index < -0.39 is 15.9 Å². The normalized spacial score (nSPS) is 11.2. The predicted molar refractivity (Wildman–Crippen MR) is 87.7 cm³/mol. The first-order chi connectivity index (χ1) is 10.8. The second kappa shape index (κ2) is 6.80. The van der Waals surface area contributed by atoms with Gasteiger partial charge in [-0.25, -0.2) is 8.42 Å². The summed E-state index contributed by atoms with van der Waals surface area (Å²) in [6.45, 7) is 1.97. The fourth-order valence-electron chi connectivity index (χ4n) is 2.14. The van der Waals surface area contributed by atoms with Gasteiger partial charge in [0.1, 0.15) is 0 Å². The van der Waals surface area contributed by atoms with E-state index in [9.17, 15) is 13.2 Å². The Hall–Kier alpha value is -2.38. The first-order valence-corrected chi connectivity index (χ1v) is 8.33. The van der Waals surface area contributed by atoms with Gasteiger partial charge in [-0.2, -0.15) is 0 Å². The molecule has 0 saturated heterocycles. The number of hydrogen-bond acceptors (Lipinski definition) is 4. The van der Waals surface area contributed by atoms with E-state index in [-0.39, 0.29) is 17.1 Å². The molecule has 0 spiro atoms. The van der Waals surface area contributed by atoms with Gasteiger partial charge in [0.2, 0.25) is 5.91 Å². The number of carbonyl (C=O) groups is 1. The van der Waals surface area contributed by atoms with Crippen molar-refractivity contribution in [3.8, 4) is 0 Å². The van der Waals surface area contributed by atoms with Crippen molar-refractivity contribution in [2.24, 2.45) is 5.73 Å². The zero-order valence-corrected chi connectivity index (χ0v) is 13.7. The summed E-state index contributed by atoms with van der Waals surface area (Å²) in [5.74, 6) is -0.667. The van der Waals surface area contributed by atoms with Crippen molar-refractivity contribution in [1.29, 1.82) is 0 Å². The lowest BCUT2D eigenvalue weighted by molar-refractivity contribution is 0.0999. The van der Waals surface area contributed by atoms with Crippen LogP contribution < -0.4 is 10.5 Å². The highest BCUT2D eigenvalue weighted by Gasteiger charge is 2.18. The average Bonchev–Trinajstić information content (AvgIpc) is 2.49. The molecule has 0 aromatic heterocycles. The van der Waals surface area contributed by atoms with E-state index in [1.165, 1.54) is 19.2 Å². The molecule has 0 atom stereocenters. The van der Waals surface area contributed by atoms with Gasteiger partial charge in [-0.1, -0.05) is 24.3 Å². The highest BCUT2D eigenvalue weighted by molar-refractivity contribution is 7.92. The third-order valence-corrected chi connectivity index (χ3v) is 4.71. The minimum Gasteiger partial charge on any atom is -0.380 e. The summed E-state index contributed by atoms with van der Waals surface area (Å²) in [6.07, 6.45) is 0. The molecule has 0 aliphatic carbocycles. The van der Waals surface area contributed by atoms with Gasteiger partial charge in [-0.3, -0.25) is 9.52 Å². The molecule has 122 valence electrons. The van der Waals surface area contributed by atoms with Crippen LogP contribution in [0, 0.1) is 6.92 Å². The molecule has 0 aliphatic heterocycles. The lowest BCUT2D eigenvalue weighted by atomic mass is 10.1. The monoisotopic (exact) mass is 334 g/mol. The largest absolute Gasteiger partial charge is 0.380 e. The summed E-state index contributed by atoms with van der Waals surface area (Å²) in [5.41, 5.74) is 7.21. The Labute approximate surface area is 135 Å². The number of methoxy groups -OCH3 is 1. The van der Waals surface area contributed by atoms with Gasteiger partial charge in [-0.05, 0) is 30.7 Å². The van der Waals surface area contributed by atoms with Gasteiger partial charge in [-0.15, -0.1) is 0 Å². The molecule has 0 heterocycles. The number of nitrogens with two attached hydrogens (primary N) is 1. The topological polar surface area (TPSA) is 98.5 Å². The molecule has 0 radical (unpaired) electrons. The Morgan fingerprint density at radius 3 is 2.57 bits per heavy atom. The minimum absolute atomic E-state index is 0.0240. The Bertz CT molecular complexity index is 832. The summed E-state index contributed by atoms with van der Waals surface area (Å²) < 4.78 is 32.7. The number of carbonyl (C=O) groups excluding carboxylic acids is 1. The zero-order chi connectivity index (χ0) is 17.0. The third kappa shape index (κ3) is 3.88. The SMILES string of the molecule is COCc1ccccc1NS(=O)(=O)c1ccc(C)c(C(N)=O)c1. The van der Waals surface area contributed by atoms with Crippen molar-refractivity contribution in [2.45, 2.75) is 18.4 Å². The van der Waals surface area contributed by atoms with Crippen molar-refractivity contribution in [1.82, 2.24) is 0 Å². The Morgan fingerprint density at radius 2 is 1.91 bits per heavy atom. The summed E-state index contributed by atoms with van der Waals surface area (Å²) >= 11 is 0. The zero-order valence-electron chi connectivity index (χ0n) is 12.9. The fraction of sp³-hybridized carbons (Fsp3) is 0.188. The lowest BCUT2D eigenvalue weighted by Crippen LogP contribution is -2.17. The summed E-state index contributed by atoms with van der Waals surface area (Å²) in [5, 5.41) is 0. The number of para-hydroxylation sites is 1. The van der Waals surface area contributed by atoms with E-state index in [4.69, 9.17) is 10.5 Å². The number of rotatable bonds is 6. The maximum atomic E-state index is 12.5. The number of primary amides is 1. The van der Waals surface area contributed by atoms with Gasteiger partial charge in [0.05, 0.1) is 17.2 Å². The van der Waals surface area contributed by atoms with E-state index in [1.807, 2.05) is 0 Å². The Morgan fingerprint density at radius 1 is 1.22 bits per heavy atom. The second-order valence-electron chi connectivity index (χ2n) is 5.04. The van der Waals surface area contributed by atoms with Crippen molar-refractivity contribution < 1.29 is 17.9 Å². The standard InChI is InChI=1S/C16H18N2O4S/c1-11-7-8-13(9-14(11)16(17)19)23(20,21)18-15-6-4-3-5-12(15)10-22-2/h3-9,18H,10H2,1-2H3,(H2,17,19). The number of nitrogens with one attached hydrogen (secondary N) is 1. The van der Waals surface area contributed by atoms with Crippen LogP contribution in [0.3, 0.4) is 0 Å². The number of benzene rings is 2. The highest BCUT2D eigenvalue weighted by Crippen LogP contribution is 2.22. The predicted octanol–water partition coefficient (Wildman–Crippen LogP) is 2.04. The fourth-order valence-corrected chi connectivity index (χ4v) is 3.27. The van der Waals surface area contributed by atoms with Crippen LogP contribution in [0.1, 0.15) is 21.5 Å². The molecule has 0 unspecified atom stereocenters. The summed E-state index contributed by atoms with van der Waals surface area (Å²) in [6, 6.07) is 11.2. The number of anilines is 1. The summed E-state index contributed by atoms with van der Waals surface area (Å²) in [7, 11) is -2.31. The maximum Gasteiger partial charge on any atom is 0.261 e. The van der Waals surface area contributed by atoms with Crippen molar-refractivity contribution in [3.05, 3.63) is 59.2 Å². The highest BCUT2D eigenvalue weighted by atomic mass is 32.2. The minimum atomic E-state index is -3.84. The molecule has 0 saturated carbocycles. The van der Waals surface area contributed by atoms with Gasteiger partial charge < -0.3 is 10.5 Å². The molecule has 1 amide bonds. The number of aryl methyl sites for hydroxylation is 1.